The van der Waals surface area contributed by atoms with Gasteiger partial charge >= 0.3 is 5.97 Å². The second-order valence-corrected chi connectivity index (χ2v) is 7.83. The highest BCUT2D eigenvalue weighted by Gasteiger charge is 2.17. The summed E-state index contributed by atoms with van der Waals surface area (Å²) in [6.07, 6.45) is -0.254. The summed E-state index contributed by atoms with van der Waals surface area (Å²) in [5.41, 5.74) is 0.808. The topological polar surface area (TPSA) is 60.4 Å². The highest BCUT2D eigenvalue weighted by atomic mass is 79.9. The predicted molar refractivity (Wildman–Crippen MR) is 87.0 cm³/mol. The second-order valence-electron chi connectivity index (χ2n) is 4.81. The van der Waals surface area contributed by atoms with Crippen molar-refractivity contribution in [3.8, 4) is 0 Å². The molecule has 0 saturated carbocycles. The van der Waals surface area contributed by atoms with Gasteiger partial charge in [0.15, 0.2) is 9.84 Å². The van der Waals surface area contributed by atoms with Crippen LogP contribution in [0.1, 0.15) is 12.0 Å². The third kappa shape index (κ3) is 5.44. The normalized spacial score (nSPS) is 11.2. The number of ether oxygens (including phenoxy) is 1. The van der Waals surface area contributed by atoms with Crippen molar-refractivity contribution in [1.82, 2.24) is 0 Å². The maximum atomic E-state index is 12.8. The van der Waals surface area contributed by atoms with E-state index in [-0.39, 0.29) is 23.7 Å². The monoisotopic (exact) mass is 400 g/mol. The first-order chi connectivity index (χ1) is 10.9. The Kier molecular flexibility index (Phi) is 5.90. The minimum absolute atomic E-state index is 0.0143. The van der Waals surface area contributed by atoms with Gasteiger partial charge in [-0.15, -0.1) is 0 Å². The molecule has 2 rings (SSSR count). The van der Waals surface area contributed by atoms with Gasteiger partial charge in [0.1, 0.15) is 12.4 Å². The Morgan fingerprint density at radius 2 is 1.65 bits per heavy atom. The third-order valence-electron chi connectivity index (χ3n) is 3.06. The molecule has 7 heteroatoms. The first kappa shape index (κ1) is 17.6. The van der Waals surface area contributed by atoms with Gasteiger partial charge in [-0.2, -0.15) is 0 Å². The number of sulfone groups is 1. The number of carbonyl (C=O) groups excluding carboxylic acids is 1. The molecule has 0 heterocycles. The van der Waals surface area contributed by atoms with E-state index < -0.39 is 21.6 Å². The van der Waals surface area contributed by atoms with Crippen LogP contribution < -0.4 is 0 Å². The lowest BCUT2D eigenvalue weighted by Gasteiger charge is -2.06. The molecule has 0 N–H and O–H groups in total. The molecule has 2 aromatic carbocycles. The van der Waals surface area contributed by atoms with Gasteiger partial charge in [0.25, 0.3) is 0 Å². The van der Waals surface area contributed by atoms with E-state index in [0.29, 0.717) is 0 Å². The number of hydrogen-bond acceptors (Lipinski definition) is 4. The Morgan fingerprint density at radius 1 is 1.04 bits per heavy atom. The predicted octanol–water partition coefficient (Wildman–Crippen LogP) is 3.50. The van der Waals surface area contributed by atoms with Crippen molar-refractivity contribution in [2.45, 2.75) is 17.9 Å². The first-order valence-corrected chi connectivity index (χ1v) is 9.20. The largest absolute Gasteiger partial charge is 0.461 e. The number of benzene rings is 2. The lowest BCUT2D eigenvalue weighted by molar-refractivity contribution is -0.144. The average molecular weight is 401 g/mol. The van der Waals surface area contributed by atoms with E-state index in [1.54, 1.807) is 12.1 Å². The molecule has 0 aromatic heterocycles. The molecule has 0 radical (unpaired) electrons. The van der Waals surface area contributed by atoms with Crippen molar-refractivity contribution < 1.29 is 22.3 Å². The van der Waals surface area contributed by atoms with E-state index in [1.165, 1.54) is 12.1 Å². The van der Waals surface area contributed by atoms with E-state index in [2.05, 4.69) is 15.9 Å². The van der Waals surface area contributed by atoms with Crippen LogP contribution in [0.3, 0.4) is 0 Å². The fourth-order valence-electron chi connectivity index (χ4n) is 1.79. The van der Waals surface area contributed by atoms with Crippen LogP contribution in [0.2, 0.25) is 0 Å². The Morgan fingerprint density at radius 3 is 2.26 bits per heavy atom. The molecule has 2 aromatic rings. The first-order valence-electron chi connectivity index (χ1n) is 6.75. The minimum Gasteiger partial charge on any atom is -0.461 e. The summed E-state index contributed by atoms with van der Waals surface area (Å²) in [5, 5.41) is 0. The third-order valence-corrected chi connectivity index (χ3v) is 5.32. The second kappa shape index (κ2) is 7.70. The molecule has 122 valence electrons. The van der Waals surface area contributed by atoms with Gasteiger partial charge in [-0.3, -0.25) is 4.79 Å². The van der Waals surface area contributed by atoms with Crippen LogP contribution >= 0.6 is 15.9 Å². The summed E-state index contributed by atoms with van der Waals surface area (Å²) in [6, 6.07) is 11.7. The molecule has 0 saturated heterocycles. The summed E-state index contributed by atoms with van der Waals surface area (Å²) >= 11 is 3.30. The molecular weight excluding hydrogens is 387 g/mol. The number of hydrogen-bond donors (Lipinski definition) is 0. The summed E-state index contributed by atoms with van der Waals surface area (Å²) in [4.78, 5) is 11.6. The maximum Gasteiger partial charge on any atom is 0.307 e. The highest BCUT2D eigenvalue weighted by molar-refractivity contribution is 9.10. The molecule has 0 atom stereocenters. The zero-order valence-electron chi connectivity index (χ0n) is 12.0. The minimum atomic E-state index is -3.63. The van der Waals surface area contributed by atoms with E-state index in [9.17, 15) is 17.6 Å². The van der Waals surface area contributed by atoms with E-state index >= 15 is 0 Å². The molecule has 0 aliphatic rings. The molecule has 0 aliphatic heterocycles. The Bertz CT molecular complexity index is 771. The van der Waals surface area contributed by atoms with E-state index in [0.717, 1.165) is 22.2 Å². The van der Waals surface area contributed by atoms with Crippen LogP contribution in [0.25, 0.3) is 0 Å². The standard InChI is InChI=1S/C16H14BrFO4S/c17-13-3-1-12(2-4-13)11-22-16(19)9-10-23(20,21)15-7-5-14(18)6-8-15/h1-8H,9-11H2. The van der Waals surface area contributed by atoms with Gasteiger partial charge in [0.2, 0.25) is 0 Å². The van der Waals surface area contributed by atoms with Gasteiger partial charge in [0, 0.05) is 4.47 Å². The lowest BCUT2D eigenvalue weighted by atomic mass is 10.2. The molecule has 0 bridgehead atoms. The Hall–Kier alpha value is -1.73. The average Bonchev–Trinajstić information content (AvgIpc) is 2.53. The van der Waals surface area contributed by atoms with Crippen molar-refractivity contribution in [3.63, 3.8) is 0 Å². The summed E-state index contributed by atoms with van der Waals surface area (Å²) in [5.74, 6) is -1.49. The molecule has 0 unspecified atom stereocenters. The van der Waals surface area contributed by atoms with Gasteiger partial charge in [-0.05, 0) is 42.0 Å². The van der Waals surface area contributed by atoms with Crippen molar-refractivity contribution in [3.05, 3.63) is 64.4 Å². The van der Waals surface area contributed by atoms with Crippen LogP contribution in [0.4, 0.5) is 4.39 Å². The fourth-order valence-corrected chi connectivity index (χ4v) is 3.28. The van der Waals surface area contributed by atoms with Gasteiger partial charge in [-0.25, -0.2) is 12.8 Å². The van der Waals surface area contributed by atoms with Crippen LogP contribution in [0.15, 0.2) is 57.9 Å². The highest BCUT2D eigenvalue weighted by Crippen LogP contribution is 2.14. The van der Waals surface area contributed by atoms with Crippen molar-refractivity contribution in [2.75, 3.05) is 5.75 Å². The van der Waals surface area contributed by atoms with E-state index in [4.69, 9.17) is 4.74 Å². The van der Waals surface area contributed by atoms with Gasteiger partial charge in [0.05, 0.1) is 17.1 Å². The molecular formula is C16H14BrFO4S. The summed E-state index contributed by atoms with van der Waals surface area (Å²) in [6.45, 7) is 0.0860. The Balaban J connectivity index is 1.86. The maximum absolute atomic E-state index is 12.8. The van der Waals surface area contributed by atoms with E-state index in [1.807, 2.05) is 12.1 Å². The van der Waals surface area contributed by atoms with Crippen molar-refractivity contribution >= 4 is 31.7 Å². The van der Waals surface area contributed by atoms with Crippen LogP contribution in [-0.2, 0) is 26.0 Å². The lowest BCUT2D eigenvalue weighted by Crippen LogP contribution is -2.13. The number of carbonyl (C=O) groups is 1. The van der Waals surface area contributed by atoms with Crippen molar-refractivity contribution in [1.29, 1.82) is 0 Å². The quantitative estimate of drug-likeness (QED) is 0.549. The summed E-state index contributed by atoms with van der Waals surface area (Å²) < 4.78 is 42.8. The van der Waals surface area contributed by atoms with Crippen LogP contribution in [-0.4, -0.2) is 20.1 Å². The SMILES string of the molecule is O=C(CCS(=O)(=O)c1ccc(F)cc1)OCc1ccc(Br)cc1. The smallest absolute Gasteiger partial charge is 0.307 e. The molecule has 0 fully saturated rings. The van der Waals surface area contributed by atoms with Crippen LogP contribution in [0.5, 0.6) is 0 Å². The zero-order valence-corrected chi connectivity index (χ0v) is 14.4. The molecule has 23 heavy (non-hydrogen) atoms. The van der Waals surface area contributed by atoms with Crippen molar-refractivity contribution in [2.24, 2.45) is 0 Å². The Labute approximate surface area is 142 Å². The zero-order chi connectivity index (χ0) is 16.9. The van der Waals surface area contributed by atoms with Gasteiger partial charge < -0.3 is 4.74 Å². The number of esters is 1. The van der Waals surface area contributed by atoms with Gasteiger partial charge in [-0.1, -0.05) is 28.1 Å². The summed E-state index contributed by atoms with van der Waals surface area (Å²) in [7, 11) is -3.63. The fraction of sp³-hybridized carbons (Fsp3) is 0.188. The molecule has 0 spiro atoms. The molecule has 4 nitrogen and oxygen atoms in total. The molecule has 0 aliphatic carbocycles. The van der Waals surface area contributed by atoms with Crippen LogP contribution in [0, 0.1) is 5.82 Å². The number of halogens is 2. The number of rotatable bonds is 6. The molecule has 0 amide bonds.